The summed E-state index contributed by atoms with van der Waals surface area (Å²) >= 11 is 0. The van der Waals surface area contributed by atoms with Crippen LogP contribution in [0.2, 0.25) is 0 Å². The Morgan fingerprint density at radius 2 is 2.08 bits per heavy atom. The Hall–Kier alpha value is -2.31. The molecule has 1 aromatic carbocycles. The van der Waals surface area contributed by atoms with E-state index in [9.17, 15) is 4.79 Å². The number of anilines is 1. The number of nitrogens with one attached hydrogen (secondary N) is 1. The van der Waals surface area contributed by atoms with Crippen LogP contribution in [0.15, 0.2) is 41.0 Å². The normalized spacial score (nSPS) is 18.6. The molecule has 6 heteroatoms. The van der Waals surface area contributed by atoms with E-state index < -0.39 is 0 Å². The maximum Gasteiger partial charge on any atom is 0.287 e. The second-order valence-corrected chi connectivity index (χ2v) is 6.91. The highest BCUT2D eigenvalue weighted by Gasteiger charge is 2.25. The van der Waals surface area contributed by atoms with Gasteiger partial charge in [0.2, 0.25) is 0 Å². The van der Waals surface area contributed by atoms with E-state index in [2.05, 4.69) is 40.4 Å². The predicted octanol–water partition coefficient (Wildman–Crippen LogP) is 2.08. The van der Waals surface area contributed by atoms with Gasteiger partial charge in [-0.15, -0.1) is 0 Å². The number of furan rings is 1. The Morgan fingerprint density at radius 1 is 1.23 bits per heavy atom. The van der Waals surface area contributed by atoms with Gasteiger partial charge in [0.05, 0.1) is 25.5 Å². The number of ether oxygens (including phenoxy) is 1. The molecule has 2 aliphatic heterocycles. The van der Waals surface area contributed by atoms with Crippen molar-refractivity contribution >= 4 is 11.6 Å². The van der Waals surface area contributed by atoms with Crippen molar-refractivity contribution in [3.63, 3.8) is 0 Å². The summed E-state index contributed by atoms with van der Waals surface area (Å²) in [6.07, 6.45) is 2.60. The Labute approximate surface area is 153 Å². The highest BCUT2D eigenvalue weighted by atomic mass is 16.5. The molecule has 2 aliphatic rings. The molecule has 1 N–H and O–H groups in total. The summed E-state index contributed by atoms with van der Waals surface area (Å²) in [5.74, 6) is 0.176. The van der Waals surface area contributed by atoms with Gasteiger partial charge in [-0.2, -0.15) is 0 Å². The summed E-state index contributed by atoms with van der Waals surface area (Å²) in [4.78, 5) is 17.0. The number of carbonyl (C=O) groups is 1. The molecule has 0 aliphatic carbocycles. The average Bonchev–Trinajstić information content (AvgIpc) is 3.33. The first kappa shape index (κ1) is 17.1. The standard InChI is InChI=1S/C20H25N3O3/c1-22-7-6-16-13-15(4-5-17(16)22)18(23-8-11-25-12-9-23)14-21-20(24)19-3-2-10-26-19/h2-5,10,13,18H,6-9,11-12,14H2,1H3,(H,21,24). The zero-order valence-electron chi connectivity index (χ0n) is 15.1. The number of hydrogen-bond donors (Lipinski definition) is 1. The van der Waals surface area contributed by atoms with Crippen molar-refractivity contribution in [2.75, 3.05) is 51.3 Å². The van der Waals surface area contributed by atoms with E-state index in [1.807, 2.05) is 0 Å². The Morgan fingerprint density at radius 3 is 2.85 bits per heavy atom. The molecule has 2 aromatic rings. The third kappa shape index (κ3) is 3.48. The van der Waals surface area contributed by atoms with Crippen LogP contribution < -0.4 is 10.2 Å². The van der Waals surface area contributed by atoms with Crippen LogP contribution in [0.25, 0.3) is 0 Å². The van der Waals surface area contributed by atoms with Gasteiger partial charge in [-0.1, -0.05) is 12.1 Å². The largest absolute Gasteiger partial charge is 0.459 e. The summed E-state index contributed by atoms with van der Waals surface area (Å²) in [7, 11) is 2.13. The van der Waals surface area contributed by atoms with E-state index in [0.29, 0.717) is 12.3 Å². The third-order valence-electron chi connectivity index (χ3n) is 5.30. The molecule has 138 valence electrons. The lowest BCUT2D eigenvalue weighted by atomic mass is 10.0. The van der Waals surface area contributed by atoms with Gasteiger partial charge in [0.15, 0.2) is 5.76 Å². The molecule has 1 unspecified atom stereocenters. The van der Waals surface area contributed by atoms with Crippen LogP contribution >= 0.6 is 0 Å². The Bertz CT molecular complexity index is 754. The molecular weight excluding hydrogens is 330 g/mol. The van der Waals surface area contributed by atoms with Gasteiger partial charge in [-0.3, -0.25) is 9.69 Å². The lowest BCUT2D eigenvalue weighted by Crippen LogP contribution is -2.43. The lowest BCUT2D eigenvalue weighted by molar-refractivity contribution is 0.0161. The fourth-order valence-electron chi connectivity index (χ4n) is 3.83. The van der Waals surface area contributed by atoms with Crippen molar-refractivity contribution in [3.8, 4) is 0 Å². The number of likely N-dealkylation sites (N-methyl/N-ethyl adjacent to an activating group) is 1. The van der Waals surface area contributed by atoms with Crippen LogP contribution in [0.5, 0.6) is 0 Å². The molecule has 0 bridgehead atoms. The van der Waals surface area contributed by atoms with E-state index in [1.165, 1.54) is 23.1 Å². The van der Waals surface area contributed by atoms with Gasteiger partial charge in [-0.05, 0) is 35.7 Å². The lowest BCUT2D eigenvalue weighted by Gasteiger charge is -2.35. The molecule has 0 spiro atoms. The number of carbonyl (C=O) groups excluding carboxylic acids is 1. The quantitative estimate of drug-likeness (QED) is 0.890. The van der Waals surface area contributed by atoms with Crippen LogP contribution in [-0.2, 0) is 11.2 Å². The highest BCUT2D eigenvalue weighted by Crippen LogP contribution is 2.31. The number of benzene rings is 1. The van der Waals surface area contributed by atoms with Gasteiger partial charge < -0.3 is 19.4 Å². The summed E-state index contributed by atoms with van der Waals surface area (Å²) in [6, 6.07) is 10.3. The SMILES string of the molecule is CN1CCc2cc(C(CNC(=O)c3ccco3)N3CCOCC3)ccc21. The molecule has 4 rings (SSSR count). The Balaban J connectivity index is 1.54. The van der Waals surface area contributed by atoms with Crippen molar-refractivity contribution in [1.29, 1.82) is 0 Å². The minimum Gasteiger partial charge on any atom is -0.459 e. The molecule has 1 atom stereocenters. The van der Waals surface area contributed by atoms with Crippen LogP contribution in [0.4, 0.5) is 5.69 Å². The van der Waals surface area contributed by atoms with Crippen molar-refractivity contribution in [2.24, 2.45) is 0 Å². The van der Waals surface area contributed by atoms with Crippen molar-refractivity contribution in [1.82, 2.24) is 10.2 Å². The molecule has 1 fully saturated rings. The molecular formula is C20H25N3O3. The smallest absolute Gasteiger partial charge is 0.287 e. The molecule has 3 heterocycles. The summed E-state index contributed by atoms with van der Waals surface area (Å²) in [5, 5.41) is 3.03. The van der Waals surface area contributed by atoms with E-state index in [4.69, 9.17) is 9.15 Å². The van der Waals surface area contributed by atoms with Crippen LogP contribution in [0.3, 0.4) is 0 Å². The van der Waals surface area contributed by atoms with Gasteiger partial charge in [0, 0.05) is 38.9 Å². The molecule has 6 nitrogen and oxygen atoms in total. The maximum absolute atomic E-state index is 12.3. The molecule has 1 saturated heterocycles. The van der Waals surface area contributed by atoms with E-state index in [1.54, 1.807) is 12.1 Å². The topological polar surface area (TPSA) is 58.0 Å². The molecule has 26 heavy (non-hydrogen) atoms. The predicted molar refractivity (Wildman–Crippen MR) is 99.6 cm³/mol. The number of morpholine rings is 1. The average molecular weight is 355 g/mol. The maximum atomic E-state index is 12.3. The van der Waals surface area contributed by atoms with Gasteiger partial charge in [-0.25, -0.2) is 0 Å². The van der Waals surface area contributed by atoms with Crippen LogP contribution in [0.1, 0.15) is 27.7 Å². The van der Waals surface area contributed by atoms with Gasteiger partial charge in [0.25, 0.3) is 5.91 Å². The van der Waals surface area contributed by atoms with Crippen LogP contribution in [-0.4, -0.2) is 57.2 Å². The minimum atomic E-state index is -0.172. The number of hydrogen-bond acceptors (Lipinski definition) is 5. The first-order chi connectivity index (χ1) is 12.7. The first-order valence-electron chi connectivity index (χ1n) is 9.20. The number of rotatable bonds is 5. The number of amides is 1. The van der Waals surface area contributed by atoms with E-state index in [-0.39, 0.29) is 11.9 Å². The molecule has 0 saturated carbocycles. The Kier molecular flexibility index (Phi) is 4.95. The summed E-state index contributed by atoms with van der Waals surface area (Å²) < 4.78 is 10.7. The summed E-state index contributed by atoms with van der Waals surface area (Å²) in [6.45, 7) is 4.83. The van der Waals surface area contributed by atoms with Crippen LogP contribution in [0, 0.1) is 0 Å². The van der Waals surface area contributed by atoms with Crippen molar-refractivity contribution in [2.45, 2.75) is 12.5 Å². The van der Waals surface area contributed by atoms with Crippen molar-refractivity contribution in [3.05, 3.63) is 53.5 Å². The fraction of sp³-hybridized carbons (Fsp3) is 0.450. The second-order valence-electron chi connectivity index (χ2n) is 6.91. The van der Waals surface area contributed by atoms with Gasteiger partial charge in [0.1, 0.15) is 0 Å². The molecule has 1 amide bonds. The minimum absolute atomic E-state index is 0.133. The highest BCUT2D eigenvalue weighted by molar-refractivity contribution is 5.91. The van der Waals surface area contributed by atoms with Gasteiger partial charge >= 0.3 is 0 Å². The zero-order chi connectivity index (χ0) is 17.9. The number of nitrogens with zero attached hydrogens (tertiary/aromatic N) is 2. The van der Waals surface area contributed by atoms with E-state index in [0.717, 1.165) is 39.3 Å². The summed E-state index contributed by atoms with van der Waals surface area (Å²) in [5.41, 5.74) is 3.95. The van der Waals surface area contributed by atoms with Crippen molar-refractivity contribution < 1.29 is 13.9 Å². The molecule has 1 aromatic heterocycles. The third-order valence-corrected chi connectivity index (χ3v) is 5.30. The number of fused-ring (bicyclic) bond motifs is 1. The monoisotopic (exact) mass is 355 g/mol. The van der Waals surface area contributed by atoms with E-state index >= 15 is 0 Å². The second kappa shape index (κ2) is 7.51. The first-order valence-corrected chi connectivity index (χ1v) is 9.20. The molecule has 0 radical (unpaired) electrons. The zero-order valence-corrected chi connectivity index (χ0v) is 15.1. The fourth-order valence-corrected chi connectivity index (χ4v) is 3.83.